The normalized spacial score (nSPS) is 13.7. The third-order valence-electron chi connectivity index (χ3n) is 4.86. The molecule has 3 aromatic carbocycles. The molecule has 0 saturated heterocycles. The van der Waals surface area contributed by atoms with E-state index in [2.05, 4.69) is 6.92 Å². The molecule has 5 heteroatoms. The third kappa shape index (κ3) is 3.82. The first-order chi connectivity index (χ1) is 14.6. The molecule has 30 heavy (non-hydrogen) atoms. The van der Waals surface area contributed by atoms with Crippen molar-refractivity contribution in [2.75, 3.05) is 7.11 Å². The van der Waals surface area contributed by atoms with Gasteiger partial charge in [0.25, 0.3) is 0 Å². The minimum Gasteiger partial charge on any atom is -0.496 e. The molecule has 0 aromatic heterocycles. The molecule has 150 valence electrons. The van der Waals surface area contributed by atoms with E-state index >= 15 is 0 Å². The number of aryl methyl sites for hydroxylation is 1. The van der Waals surface area contributed by atoms with Crippen LogP contribution in [0.15, 0.2) is 72.5 Å². The molecule has 0 amide bonds. The number of rotatable bonds is 5. The van der Waals surface area contributed by atoms with Crippen LogP contribution in [0.1, 0.15) is 38.8 Å². The first kappa shape index (κ1) is 19.5. The number of esters is 1. The molecule has 0 spiro atoms. The van der Waals surface area contributed by atoms with E-state index in [9.17, 15) is 9.59 Å². The third-order valence-corrected chi connectivity index (χ3v) is 4.86. The summed E-state index contributed by atoms with van der Waals surface area (Å²) in [5.74, 6) is 0.556. The predicted octanol–water partition coefficient (Wildman–Crippen LogP) is 5.09. The van der Waals surface area contributed by atoms with Gasteiger partial charge in [-0.3, -0.25) is 4.79 Å². The summed E-state index contributed by atoms with van der Waals surface area (Å²) in [5.41, 5.74) is 2.85. The number of Topliss-reactive ketones (excluding diaryl/α,β-unsaturated/α-hetero) is 1. The van der Waals surface area contributed by atoms with E-state index in [-0.39, 0.29) is 17.3 Å². The molecule has 1 heterocycles. The molecule has 0 N–H and O–H groups in total. The summed E-state index contributed by atoms with van der Waals surface area (Å²) in [7, 11) is 1.49. The summed E-state index contributed by atoms with van der Waals surface area (Å²) in [6.45, 7) is 2.09. The molecule has 0 radical (unpaired) electrons. The summed E-state index contributed by atoms with van der Waals surface area (Å²) >= 11 is 0. The fraction of sp³-hybridized carbons (Fsp3) is 0.120. The number of ether oxygens (including phenoxy) is 3. The number of hydrogen-bond donors (Lipinski definition) is 0. The van der Waals surface area contributed by atoms with E-state index in [0.717, 1.165) is 12.0 Å². The zero-order valence-corrected chi connectivity index (χ0v) is 16.7. The maximum absolute atomic E-state index is 12.6. The fourth-order valence-electron chi connectivity index (χ4n) is 3.21. The van der Waals surface area contributed by atoms with Gasteiger partial charge < -0.3 is 14.2 Å². The molecule has 4 rings (SSSR count). The minimum absolute atomic E-state index is 0.202. The summed E-state index contributed by atoms with van der Waals surface area (Å²) in [6.07, 6.45) is 2.66. The molecular weight excluding hydrogens is 380 g/mol. The van der Waals surface area contributed by atoms with E-state index in [1.807, 2.05) is 24.3 Å². The Morgan fingerprint density at radius 2 is 1.80 bits per heavy atom. The molecule has 0 fully saturated rings. The van der Waals surface area contributed by atoms with Gasteiger partial charge in [-0.2, -0.15) is 0 Å². The van der Waals surface area contributed by atoms with Crippen LogP contribution in [0.3, 0.4) is 0 Å². The number of carbonyl (C=O) groups excluding carboxylic acids is 2. The van der Waals surface area contributed by atoms with Crippen LogP contribution < -0.4 is 14.2 Å². The summed E-state index contributed by atoms with van der Waals surface area (Å²) in [6, 6.07) is 19.5. The predicted molar refractivity (Wildman–Crippen MR) is 113 cm³/mol. The lowest BCUT2D eigenvalue weighted by Gasteiger charge is -2.08. The highest BCUT2D eigenvalue weighted by molar-refractivity contribution is 6.14. The SMILES string of the molecule is CCc1ccc(/C=C2/Oc3cc(OC(=O)c4ccccc4OC)ccc3C2=O)cc1. The zero-order chi connectivity index (χ0) is 21.1. The lowest BCUT2D eigenvalue weighted by Crippen LogP contribution is -2.10. The Kier molecular flexibility index (Phi) is 5.35. The second kappa shape index (κ2) is 8.25. The molecule has 0 bridgehead atoms. The largest absolute Gasteiger partial charge is 0.496 e. The lowest BCUT2D eigenvalue weighted by atomic mass is 10.1. The van der Waals surface area contributed by atoms with Crippen LogP contribution in [0.5, 0.6) is 17.2 Å². The van der Waals surface area contributed by atoms with Crippen LogP contribution in [0.2, 0.25) is 0 Å². The average molecular weight is 400 g/mol. The van der Waals surface area contributed by atoms with Gasteiger partial charge in [-0.1, -0.05) is 43.3 Å². The first-order valence-electron chi connectivity index (χ1n) is 9.61. The highest BCUT2D eigenvalue weighted by Crippen LogP contribution is 2.35. The summed E-state index contributed by atoms with van der Waals surface area (Å²) in [5, 5.41) is 0. The molecule has 5 nitrogen and oxygen atoms in total. The molecule has 0 aliphatic carbocycles. The standard InChI is InChI=1S/C25H20O5/c1-3-16-8-10-17(11-9-16)14-23-24(26)19-13-12-18(15-22(19)30-23)29-25(27)20-6-4-5-7-21(20)28-2/h4-15H,3H2,1-2H3/b23-14+. The topological polar surface area (TPSA) is 61.8 Å². The second-order valence-electron chi connectivity index (χ2n) is 6.78. The number of fused-ring (bicyclic) bond motifs is 1. The van der Waals surface area contributed by atoms with Gasteiger partial charge in [0, 0.05) is 6.07 Å². The van der Waals surface area contributed by atoms with Crippen LogP contribution in [-0.4, -0.2) is 18.9 Å². The van der Waals surface area contributed by atoms with Gasteiger partial charge in [-0.15, -0.1) is 0 Å². The summed E-state index contributed by atoms with van der Waals surface area (Å²) < 4.78 is 16.4. The van der Waals surface area contributed by atoms with Gasteiger partial charge in [0.2, 0.25) is 5.78 Å². The fourth-order valence-corrected chi connectivity index (χ4v) is 3.21. The van der Waals surface area contributed by atoms with Crippen molar-refractivity contribution >= 4 is 17.8 Å². The molecule has 3 aromatic rings. The molecule has 1 aliphatic rings. The van der Waals surface area contributed by atoms with Crippen LogP contribution in [0, 0.1) is 0 Å². The summed E-state index contributed by atoms with van der Waals surface area (Å²) in [4.78, 5) is 25.1. The molecular formula is C25H20O5. The van der Waals surface area contributed by atoms with E-state index in [4.69, 9.17) is 14.2 Å². The van der Waals surface area contributed by atoms with Crippen LogP contribution in [0.25, 0.3) is 6.08 Å². The van der Waals surface area contributed by atoms with Crippen molar-refractivity contribution in [2.45, 2.75) is 13.3 Å². The van der Waals surface area contributed by atoms with Crippen molar-refractivity contribution in [3.8, 4) is 17.2 Å². The Balaban J connectivity index is 1.54. The van der Waals surface area contributed by atoms with Crippen molar-refractivity contribution in [3.63, 3.8) is 0 Å². The maximum atomic E-state index is 12.6. The number of allylic oxidation sites excluding steroid dienone is 1. The monoisotopic (exact) mass is 400 g/mol. The number of para-hydroxylation sites is 1. The van der Waals surface area contributed by atoms with Gasteiger partial charge in [-0.05, 0) is 47.9 Å². The first-order valence-corrected chi connectivity index (χ1v) is 9.61. The highest BCUT2D eigenvalue weighted by Gasteiger charge is 2.28. The van der Waals surface area contributed by atoms with Crippen LogP contribution in [0.4, 0.5) is 0 Å². The van der Waals surface area contributed by atoms with Crippen LogP contribution >= 0.6 is 0 Å². The molecule has 0 unspecified atom stereocenters. The Bertz CT molecular complexity index is 1140. The Hall–Kier alpha value is -3.86. The molecule has 1 aliphatic heterocycles. The highest BCUT2D eigenvalue weighted by atomic mass is 16.5. The van der Waals surface area contributed by atoms with E-state index in [0.29, 0.717) is 22.6 Å². The molecule has 0 saturated carbocycles. The van der Waals surface area contributed by atoms with Crippen molar-refractivity contribution in [2.24, 2.45) is 0 Å². The number of methoxy groups -OCH3 is 1. The Labute approximate surface area is 174 Å². The van der Waals surface area contributed by atoms with Crippen molar-refractivity contribution in [1.29, 1.82) is 0 Å². The van der Waals surface area contributed by atoms with Crippen molar-refractivity contribution in [3.05, 3.63) is 94.7 Å². The quantitative estimate of drug-likeness (QED) is 0.339. The minimum atomic E-state index is -0.552. The van der Waals surface area contributed by atoms with Crippen LogP contribution in [-0.2, 0) is 6.42 Å². The molecule has 0 atom stereocenters. The number of benzene rings is 3. The van der Waals surface area contributed by atoms with Crippen molar-refractivity contribution < 1.29 is 23.8 Å². The van der Waals surface area contributed by atoms with E-state index < -0.39 is 5.97 Å². The van der Waals surface area contributed by atoms with Gasteiger partial charge in [0.1, 0.15) is 22.8 Å². The number of hydrogen-bond acceptors (Lipinski definition) is 5. The van der Waals surface area contributed by atoms with Gasteiger partial charge in [0.15, 0.2) is 5.76 Å². The van der Waals surface area contributed by atoms with Crippen molar-refractivity contribution in [1.82, 2.24) is 0 Å². The lowest BCUT2D eigenvalue weighted by molar-refractivity contribution is 0.0731. The Morgan fingerprint density at radius 1 is 1.03 bits per heavy atom. The average Bonchev–Trinajstić information content (AvgIpc) is 3.08. The van der Waals surface area contributed by atoms with E-state index in [1.165, 1.54) is 12.7 Å². The van der Waals surface area contributed by atoms with E-state index in [1.54, 1.807) is 48.5 Å². The van der Waals surface area contributed by atoms with Gasteiger partial charge >= 0.3 is 5.97 Å². The second-order valence-corrected chi connectivity index (χ2v) is 6.78. The smallest absolute Gasteiger partial charge is 0.347 e. The number of carbonyl (C=O) groups is 2. The zero-order valence-electron chi connectivity index (χ0n) is 16.7. The van der Waals surface area contributed by atoms with Gasteiger partial charge in [0.05, 0.1) is 12.7 Å². The maximum Gasteiger partial charge on any atom is 0.347 e. The van der Waals surface area contributed by atoms with Gasteiger partial charge in [-0.25, -0.2) is 4.79 Å². The number of ketones is 1. The Morgan fingerprint density at radius 3 is 2.53 bits per heavy atom.